The molecule has 2 aromatic carbocycles. The Balaban J connectivity index is 1.42. The van der Waals surface area contributed by atoms with Crippen molar-refractivity contribution in [2.75, 3.05) is 13.1 Å². The number of benzene rings is 2. The summed E-state index contributed by atoms with van der Waals surface area (Å²) in [5.41, 5.74) is 3.44. The van der Waals surface area contributed by atoms with Crippen molar-refractivity contribution in [3.63, 3.8) is 0 Å². The highest BCUT2D eigenvalue weighted by molar-refractivity contribution is 5.95. The number of likely N-dealkylation sites (tertiary alicyclic amines) is 1. The van der Waals surface area contributed by atoms with Crippen molar-refractivity contribution in [3.05, 3.63) is 83.4 Å². The van der Waals surface area contributed by atoms with Crippen molar-refractivity contribution < 1.29 is 9.18 Å². The molecule has 1 saturated heterocycles. The molecule has 1 fully saturated rings. The summed E-state index contributed by atoms with van der Waals surface area (Å²) in [7, 11) is 0. The maximum atomic E-state index is 13.2. The highest BCUT2D eigenvalue weighted by Gasteiger charge is 2.26. The lowest BCUT2D eigenvalue weighted by Gasteiger charge is -2.17. The highest BCUT2D eigenvalue weighted by atomic mass is 19.1. The molecule has 1 atom stereocenters. The molecule has 0 unspecified atom stereocenters. The Labute approximate surface area is 170 Å². The van der Waals surface area contributed by atoms with Crippen LogP contribution in [0.1, 0.15) is 35.0 Å². The van der Waals surface area contributed by atoms with Crippen LogP contribution in [0.5, 0.6) is 0 Å². The molecule has 1 aromatic heterocycles. The largest absolute Gasteiger partial charge is 0.348 e. The van der Waals surface area contributed by atoms with Gasteiger partial charge in [-0.05, 0) is 42.7 Å². The van der Waals surface area contributed by atoms with E-state index in [1.165, 1.54) is 17.7 Å². The van der Waals surface area contributed by atoms with Gasteiger partial charge in [0.05, 0.1) is 23.1 Å². The Bertz CT molecular complexity index is 968. The number of hydrogen-bond acceptors (Lipinski definition) is 3. The second-order valence-corrected chi connectivity index (χ2v) is 7.43. The van der Waals surface area contributed by atoms with Crippen LogP contribution in [-0.4, -0.2) is 39.7 Å². The summed E-state index contributed by atoms with van der Waals surface area (Å²) in [6, 6.07) is 16.6. The number of aromatic nitrogens is 2. The average molecular weight is 392 g/mol. The van der Waals surface area contributed by atoms with Crippen LogP contribution in [0.3, 0.4) is 0 Å². The van der Waals surface area contributed by atoms with Gasteiger partial charge in [0.25, 0.3) is 5.91 Å². The summed E-state index contributed by atoms with van der Waals surface area (Å²) in [5.74, 6) is -0.389. The van der Waals surface area contributed by atoms with Crippen molar-refractivity contribution in [3.8, 4) is 5.69 Å². The van der Waals surface area contributed by atoms with E-state index in [0.29, 0.717) is 12.0 Å². The molecule has 4 rings (SSSR count). The van der Waals surface area contributed by atoms with Gasteiger partial charge in [0, 0.05) is 25.7 Å². The van der Waals surface area contributed by atoms with Crippen molar-refractivity contribution in [1.29, 1.82) is 0 Å². The minimum atomic E-state index is -0.293. The standard InChI is InChI=1S/C23H25FN4O/c1-2-22-21(14-25-28(22)20-10-8-18(24)9-11-20)23(29)26-19-12-13-27(16-19)15-17-6-4-3-5-7-17/h3-11,14,19H,2,12-13,15-16H2,1H3,(H,26,29)/t19-/m1/s1. The van der Waals surface area contributed by atoms with E-state index in [-0.39, 0.29) is 17.8 Å². The van der Waals surface area contributed by atoms with Gasteiger partial charge in [-0.15, -0.1) is 0 Å². The number of hydrogen-bond donors (Lipinski definition) is 1. The number of nitrogens with one attached hydrogen (secondary N) is 1. The molecule has 6 heteroatoms. The summed E-state index contributed by atoms with van der Waals surface area (Å²) in [5, 5.41) is 7.54. The molecular weight excluding hydrogens is 367 g/mol. The van der Waals surface area contributed by atoms with Gasteiger partial charge in [-0.1, -0.05) is 37.3 Å². The van der Waals surface area contributed by atoms with E-state index in [0.717, 1.165) is 37.4 Å². The molecular formula is C23H25FN4O. The van der Waals surface area contributed by atoms with Crippen LogP contribution in [0.25, 0.3) is 5.69 Å². The van der Waals surface area contributed by atoms with Crippen LogP contribution >= 0.6 is 0 Å². The Hall–Kier alpha value is -2.99. The Morgan fingerprint density at radius 1 is 1.17 bits per heavy atom. The second-order valence-electron chi connectivity index (χ2n) is 7.43. The third-order valence-electron chi connectivity index (χ3n) is 5.38. The van der Waals surface area contributed by atoms with Gasteiger partial charge in [-0.2, -0.15) is 5.10 Å². The Morgan fingerprint density at radius 2 is 1.93 bits per heavy atom. The maximum absolute atomic E-state index is 13.2. The monoisotopic (exact) mass is 392 g/mol. The summed E-state index contributed by atoms with van der Waals surface area (Å²) in [4.78, 5) is 15.3. The van der Waals surface area contributed by atoms with Gasteiger partial charge in [-0.3, -0.25) is 9.69 Å². The van der Waals surface area contributed by atoms with Crippen molar-refractivity contribution in [1.82, 2.24) is 20.0 Å². The minimum absolute atomic E-state index is 0.0956. The van der Waals surface area contributed by atoms with Crippen LogP contribution in [0.2, 0.25) is 0 Å². The smallest absolute Gasteiger partial charge is 0.255 e. The fourth-order valence-electron chi connectivity index (χ4n) is 3.91. The van der Waals surface area contributed by atoms with Crippen LogP contribution in [0.15, 0.2) is 60.8 Å². The molecule has 1 aliphatic rings. The molecule has 1 amide bonds. The maximum Gasteiger partial charge on any atom is 0.255 e. The highest BCUT2D eigenvalue weighted by Crippen LogP contribution is 2.18. The van der Waals surface area contributed by atoms with Crippen molar-refractivity contribution in [2.24, 2.45) is 0 Å². The van der Waals surface area contributed by atoms with E-state index in [1.54, 1.807) is 23.0 Å². The first-order chi connectivity index (χ1) is 14.1. The van der Waals surface area contributed by atoms with E-state index in [2.05, 4.69) is 39.6 Å². The van der Waals surface area contributed by atoms with Gasteiger partial charge in [0.1, 0.15) is 5.82 Å². The molecule has 5 nitrogen and oxygen atoms in total. The molecule has 2 heterocycles. The van der Waals surface area contributed by atoms with Crippen molar-refractivity contribution in [2.45, 2.75) is 32.4 Å². The van der Waals surface area contributed by atoms with Crippen LogP contribution < -0.4 is 5.32 Å². The summed E-state index contributed by atoms with van der Waals surface area (Å²) in [6.45, 7) is 4.70. The van der Waals surface area contributed by atoms with Crippen molar-refractivity contribution >= 4 is 5.91 Å². The normalized spacial score (nSPS) is 16.8. The Morgan fingerprint density at radius 3 is 2.66 bits per heavy atom. The average Bonchev–Trinajstić information content (AvgIpc) is 3.36. The zero-order valence-corrected chi connectivity index (χ0v) is 16.5. The first-order valence-corrected chi connectivity index (χ1v) is 10.0. The zero-order chi connectivity index (χ0) is 20.2. The molecule has 29 heavy (non-hydrogen) atoms. The van der Waals surface area contributed by atoms with E-state index < -0.39 is 0 Å². The van der Waals surface area contributed by atoms with E-state index in [1.807, 2.05) is 13.0 Å². The van der Waals surface area contributed by atoms with E-state index >= 15 is 0 Å². The number of halogens is 1. The number of nitrogens with zero attached hydrogens (tertiary/aromatic N) is 3. The zero-order valence-electron chi connectivity index (χ0n) is 16.5. The first-order valence-electron chi connectivity index (χ1n) is 10.0. The lowest BCUT2D eigenvalue weighted by molar-refractivity contribution is 0.0936. The number of rotatable bonds is 6. The van der Waals surface area contributed by atoms with Gasteiger partial charge in [-0.25, -0.2) is 9.07 Å². The number of carbonyl (C=O) groups is 1. The summed E-state index contributed by atoms with van der Waals surface area (Å²) < 4.78 is 14.9. The molecule has 0 radical (unpaired) electrons. The molecule has 0 aliphatic carbocycles. The Kier molecular flexibility index (Phi) is 5.71. The lowest BCUT2D eigenvalue weighted by atomic mass is 10.1. The molecule has 0 bridgehead atoms. The second kappa shape index (κ2) is 8.57. The fourth-order valence-corrected chi connectivity index (χ4v) is 3.91. The molecule has 0 spiro atoms. The summed E-state index contributed by atoms with van der Waals surface area (Å²) in [6.07, 6.45) is 3.20. The fraction of sp³-hybridized carbons (Fsp3) is 0.304. The predicted molar refractivity (Wildman–Crippen MR) is 110 cm³/mol. The molecule has 0 saturated carbocycles. The summed E-state index contributed by atoms with van der Waals surface area (Å²) >= 11 is 0. The third kappa shape index (κ3) is 4.38. The molecule has 3 aromatic rings. The predicted octanol–water partition coefficient (Wildman–Crippen LogP) is 3.58. The first kappa shape index (κ1) is 19.3. The third-order valence-corrected chi connectivity index (χ3v) is 5.38. The SMILES string of the molecule is CCc1c(C(=O)N[C@@H]2CCN(Cc3ccccc3)C2)cnn1-c1ccc(F)cc1. The number of amides is 1. The van der Waals surface area contributed by atoms with Gasteiger partial charge >= 0.3 is 0 Å². The van der Waals surface area contributed by atoms with Gasteiger partial charge in [0.2, 0.25) is 0 Å². The topological polar surface area (TPSA) is 50.2 Å². The lowest BCUT2D eigenvalue weighted by Crippen LogP contribution is -2.37. The van der Waals surface area contributed by atoms with E-state index in [4.69, 9.17) is 0 Å². The minimum Gasteiger partial charge on any atom is -0.348 e. The molecule has 1 N–H and O–H groups in total. The van der Waals surface area contributed by atoms with E-state index in [9.17, 15) is 9.18 Å². The molecule has 150 valence electrons. The van der Waals surface area contributed by atoms with Gasteiger partial charge in [0.15, 0.2) is 0 Å². The molecule has 1 aliphatic heterocycles. The van der Waals surface area contributed by atoms with Crippen LogP contribution in [0, 0.1) is 5.82 Å². The van der Waals surface area contributed by atoms with Crippen LogP contribution in [-0.2, 0) is 13.0 Å². The van der Waals surface area contributed by atoms with Crippen LogP contribution in [0.4, 0.5) is 4.39 Å². The number of carbonyl (C=O) groups excluding carboxylic acids is 1. The quantitative estimate of drug-likeness (QED) is 0.698. The van der Waals surface area contributed by atoms with Gasteiger partial charge < -0.3 is 5.32 Å².